The van der Waals surface area contributed by atoms with E-state index in [1.807, 2.05) is 0 Å². The molecule has 100 valence electrons. The van der Waals surface area contributed by atoms with Gasteiger partial charge in [-0.05, 0) is 24.0 Å². The van der Waals surface area contributed by atoms with Crippen LogP contribution < -0.4 is 0 Å². The molecule has 6 heteroatoms. The first-order valence-corrected chi connectivity index (χ1v) is 6.49. The molecular formula is C12H20N4O2. The summed E-state index contributed by atoms with van der Waals surface area (Å²) < 4.78 is 5.40. The number of Topliss-reactive ketones (excluding diaryl/α,β-unsaturated/α-hetero) is 1. The summed E-state index contributed by atoms with van der Waals surface area (Å²) in [6.45, 7) is 0. The van der Waals surface area contributed by atoms with Crippen LogP contribution in [0.4, 0.5) is 0 Å². The van der Waals surface area contributed by atoms with Crippen molar-refractivity contribution in [2.45, 2.75) is 44.6 Å². The van der Waals surface area contributed by atoms with Crippen molar-refractivity contribution in [2.75, 3.05) is 7.11 Å². The first-order chi connectivity index (χ1) is 8.70. The van der Waals surface area contributed by atoms with Crippen LogP contribution in [0.15, 0.2) is 0 Å². The minimum absolute atomic E-state index is 0.0670. The fourth-order valence-electron chi connectivity index (χ4n) is 2.67. The molecule has 18 heavy (non-hydrogen) atoms. The average Bonchev–Trinajstić information content (AvgIpc) is 2.77. The SMILES string of the molecule is COC(C(=O)Cc1nnn(C)n1)C1CCCCC1. The number of carbonyl (C=O) groups is 1. The molecule has 6 nitrogen and oxygen atoms in total. The fourth-order valence-corrected chi connectivity index (χ4v) is 2.67. The zero-order chi connectivity index (χ0) is 13.0. The molecule has 0 N–H and O–H groups in total. The molecule has 1 unspecified atom stereocenters. The van der Waals surface area contributed by atoms with Gasteiger partial charge in [-0.2, -0.15) is 4.80 Å². The van der Waals surface area contributed by atoms with Crippen LogP contribution >= 0.6 is 0 Å². The van der Waals surface area contributed by atoms with Gasteiger partial charge in [0.15, 0.2) is 11.6 Å². The van der Waals surface area contributed by atoms with Crippen molar-refractivity contribution < 1.29 is 9.53 Å². The molecule has 1 aromatic heterocycles. The van der Waals surface area contributed by atoms with Gasteiger partial charge in [0.1, 0.15) is 6.10 Å². The Hall–Kier alpha value is -1.30. The number of hydrogen-bond donors (Lipinski definition) is 0. The smallest absolute Gasteiger partial charge is 0.182 e. The Morgan fingerprint density at radius 3 is 2.72 bits per heavy atom. The van der Waals surface area contributed by atoms with E-state index < -0.39 is 0 Å². The number of ketones is 1. The topological polar surface area (TPSA) is 69.9 Å². The molecule has 0 aromatic carbocycles. The van der Waals surface area contributed by atoms with Crippen LogP contribution in [-0.2, 0) is 23.0 Å². The number of ether oxygens (including phenoxy) is 1. The Balaban J connectivity index is 1.96. The lowest BCUT2D eigenvalue weighted by atomic mass is 9.83. The van der Waals surface area contributed by atoms with Gasteiger partial charge < -0.3 is 4.74 Å². The lowest BCUT2D eigenvalue weighted by Gasteiger charge is -2.27. The lowest BCUT2D eigenvalue weighted by molar-refractivity contribution is -0.132. The third-order valence-electron chi connectivity index (χ3n) is 3.53. The molecule has 0 spiro atoms. The van der Waals surface area contributed by atoms with E-state index in [0.29, 0.717) is 11.7 Å². The highest BCUT2D eigenvalue weighted by molar-refractivity contribution is 5.84. The van der Waals surface area contributed by atoms with Gasteiger partial charge in [0.25, 0.3) is 0 Å². The number of aryl methyl sites for hydroxylation is 1. The van der Waals surface area contributed by atoms with Crippen molar-refractivity contribution in [3.05, 3.63) is 5.82 Å². The monoisotopic (exact) mass is 252 g/mol. The molecule has 1 saturated carbocycles. The number of rotatable bonds is 5. The third-order valence-corrected chi connectivity index (χ3v) is 3.53. The highest BCUT2D eigenvalue weighted by atomic mass is 16.5. The van der Waals surface area contributed by atoms with Crippen LogP contribution in [0.25, 0.3) is 0 Å². The van der Waals surface area contributed by atoms with Crippen LogP contribution in [0.3, 0.4) is 0 Å². The lowest BCUT2D eigenvalue weighted by Crippen LogP contribution is -2.34. The molecule has 1 aliphatic rings. The van der Waals surface area contributed by atoms with Gasteiger partial charge in [0.05, 0.1) is 13.5 Å². The quantitative estimate of drug-likeness (QED) is 0.779. The van der Waals surface area contributed by atoms with Gasteiger partial charge in [-0.1, -0.05) is 19.3 Å². The molecule has 1 aliphatic carbocycles. The van der Waals surface area contributed by atoms with Crippen LogP contribution in [0.5, 0.6) is 0 Å². The molecule has 1 heterocycles. The van der Waals surface area contributed by atoms with Crippen LogP contribution in [0, 0.1) is 5.92 Å². The normalized spacial score (nSPS) is 18.8. The summed E-state index contributed by atoms with van der Waals surface area (Å²) in [5.41, 5.74) is 0. The summed E-state index contributed by atoms with van der Waals surface area (Å²) in [5.74, 6) is 0.894. The second kappa shape index (κ2) is 6.04. The van der Waals surface area contributed by atoms with E-state index in [4.69, 9.17) is 4.74 Å². The summed E-state index contributed by atoms with van der Waals surface area (Å²) in [6, 6.07) is 0. The number of aromatic nitrogens is 4. The van der Waals surface area contributed by atoms with Gasteiger partial charge in [-0.3, -0.25) is 4.79 Å². The van der Waals surface area contributed by atoms with Gasteiger partial charge in [-0.25, -0.2) is 0 Å². The first-order valence-electron chi connectivity index (χ1n) is 6.49. The zero-order valence-electron chi connectivity index (χ0n) is 11.0. The van der Waals surface area contributed by atoms with Gasteiger partial charge in [0, 0.05) is 7.11 Å². The van der Waals surface area contributed by atoms with Gasteiger partial charge >= 0.3 is 0 Å². The van der Waals surface area contributed by atoms with Gasteiger partial charge in [-0.15, -0.1) is 10.2 Å². The third kappa shape index (κ3) is 3.13. The molecule has 0 bridgehead atoms. The Bertz CT molecular complexity index is 399. The van der Waals surface area contributed by atoms with E-state index in [0.717, 1.165) is 12.8 Å². The summed E-state index contributed by atoms with van der Waals surface area (Å²) in [7, 11) is 3.30. The van der Waals surface area contributed by atoms with Crippen molar-refractivity contribution >= 4 is 5.78 Å². The summed E-state index contributed by atoms with van der Waals surface area (Å²) >= 11 is 0. The number of hydrogen-bond acceptors (Lipinski definition) is 5. The van der Waals surface area contributed by atoms with E-state index in [1.165, 1.54) is 24.1 Å². The molecule has 0 amide bonds. The molecule has 1 fully saturated rings. The van der Waals surface area contributed by atoms with E-state index in [2.05, 4.69) is 15.4 Å². The maximum absolute atomic E-state index is 12.2. The first kappa shape index (κ1) is 13.1. The van der Waals surface area contributed by atoms with Crippen molar-refractivity contribution in [3.63, 3.8) is 0 Å². The molecular weight excluding hydrogens is 232 g/mol. The largest absolute Gasteiger partial charge is 0.373 e. The predicted molar refractivity (Wildman–Crippen MR) is 64.9 cm³/mol. The second-order valence-electron chi connectivity index (χ2n) is 4.89. The summed E-state index contributed by atoms with van der Waals surface area (Å²) in [4.78, 5) is 13.6. The molecule has 0 radical (unpaired) electrons. The Morgan fingerprint density at radius 1 is 1.44 bits per heavy atom. The Labute approximate surface area is 107 Å². The summed E-state index contributed by atoms with van der Waals surface area (Å²) in [5, 5.41) is 11.6. The molecule has 0 aliphatic heterocycles. The predicted octanol–water partition coefficient (Wildman–Crippen LogP) is 0.917. The van der Waals surface area contributed by atoms with Crippen molar-refractivity contribution in [1.82, 2.24) is 20.2 Å². The van der Waals surface area contributed by atoms with E-state index >= 15 is 0 Å². The molecule has 2 rings (SSSR count). The number of tetrazole rings is 1. The Kier molecular flexibility index (Phi) is 4.41. The highest BCUT2D eigenvalue weighted by Gasteiger charge is 2.29. The van der Waals surface area contributed by atoms with E-state index in [9.17, 15) is 4.79 Å². The number of methoxy groups -OCH3 is 1. The minimum Gasteiger partial charge on any atom is -0.373 e. The van der Waals surface area contributed by atoms with Crippen molar-refractivity contribution in [1.29, 1.82) is 0 Å². The maximum Gasteiger partial charge on any atom is 0.182 e. The number of carbonyl (C=O) groups excluding carboxylic acids is 1. The summed E-state index contributed by atoms with van der Waals surface area (Å²) in [6.07, 6.45) is 5.73. The standard InChI is InChI=1S/C12H20N4O2/c1-16-14-11(13-15-16)8-10(17)12(18-2)9-6-4-3-5-7-9/h9,12H,3-8H2,1-2H3. The van der Waals surface area contributed by atoms with Crippen molar-refractivity contribution in [2.24, 2.45) is 13.0 Å². The average molecular weight is 252 g/mol. The molecule has 1 aromatic rings. The van der Waals surface area contributed by atoms with E-state index in [-0.39, 0.29) is 18.3 Å². The Morgan fingerprint density at radius 2 is 2.17 bits per heavy atom. The molecule has 0 saturated heterocycles. The van der Waals surface area contributed by atoms with Crippen LogP contribution in [0.2, 0.25) is 0 Å². The zero-order valence-corrected chi connectivity index (χ0v) is 11.0. The van der Waals surface area contributed by atoms with Crippen LogP contribution in [0.1, 0.15) is 37.9 Å². The molecule has 1 atom stereocenters. The maximum atomic E-state index is 12.2. The fraction of sp³-hybridized carbons (Fsp3) is 0.833. The van der Waals surface area contributed by atoms with Crippen LogP contribution in [-0.4, -0.2) is 39.2 Å². The van der Waals surface area contributed by atoms with Gasteiger partial charge in [0.2, 0.25) is 0 Å². The minimum atomic E-state index is -0.311. The van der Waals surface area contributed by atoms with E-state index in [1.54, 1.807) is 14.2 Å². The number of nitrogens with zero attached hydrogens (tertiary/aromatic N) is 4. The highest BCUT2D eigenvalue weighted by Crippen LogP contribution is 2.28. The van der Waals surface area contributed by atoms with Crippen molar-refractivity contribution in [3.8, 4) is 0 Å². The second-order valence-corrected chi connectivity index (χ2v) is 4.89.